The van der Waals surface area contributed by atoms with Crippen molar-refractivity contribution in [1.82, 2.24) is 29.9 Å². The van der Waals surface area contributed by atoms with Gasteiger partial charge in [-0.2, -0.15) is 0 Å². The first-order valence-corrected chi connectivity index (χ1v) is 29.3. The van der Waals surface area contributed by atoms with Crippen LogP contribution in [0, 0.1) is 12.1 Å². The molecule has 0 fully saturated rings. The maximum Gasteiger partial charge on any atom is 0.136 e. The molecule has 0 radical (unpaired) electrons. The van der Waals surface area contributed by atoms with Crippen LogP contribution in [0.2, 0.25) is 0 Å². The van der Waals surface area contributed by atoms with Gasteiger partial charge < -0.3 is 15.6 Å². The van der Waals surface area contributed by atoms with Crippen molar-refractivity contribution < 1.29 is 42.1 Å². The fourth-order valence-electron chi connectivity index (χ4n) is 9.71. The third-order valence-corrected chi connectivity index (χ3v) is 15.0. The summed E-state index contributed by atoms with van der Waals surface area (Å²) in [4.78, 5) is 29.7. The Morgan fingerprint density at radius 2 is 0.631 bits per heavy atom. The molecule has 2 N–H and O–H groups in total. The number of anilines is 4. The molecule has 0 amide bonds. The van der Waals surface area contributed by atoms with Gasteiger partial charge in [-0.05, 0) is 125 Å². The average Bonchev–Trinajstić information content (AvgIpc) is 2.80. The monoisotopic (exact) mass is 1480 g/mol. The van der Waals surface area contributed by atoms with E-state index in [1.54, 1.807) is 0 Å². The van der Waals surface area contributed by atoms with Crippen molar-refractivity contribution in [1.29, 1.82) is 0 Å². The summed E-state index contributed by atoms with van der Waals surface area (Å²) in [5.74, 6) is 2.45. The average molecular weight is 1490 g/mol. The molecule has 84 heavy (non-hydrogen) atoms. The molecule has 0 aliphatic rings. The molecule has 0 saturated carbocycles. The van der Waals surface area contributed by atoms with Gasteiger partial charge in [-0.1, -0.05) is 202 Å². The molecule has 8 nitrogen and oxygen atoms in total. The molecule has 0 aliphatic carbocycles. The van der Waals surface area contributed by atoms with E-state index in [1.807, 2.05) is 24.7 Å². The Bertz CT molecular complexity index is 3090. The Hall–Kier alpha value is -5.68. The first-order valence-electron chi connectivity index (χ1n) is 29.3. The summed E-state index contributed by atoms with van der Waals surface area (Å²) in [5, 5.41) is 7.44. The number of aromatic nitrogens is 6. The summed E-state index contributed by atoms with van der Waals surface area (Å²) >= 11 is 0. The largest absolute Gasteiger partial charge is 0.357 e. The second-order valence-corrected chi connectivity index (χ2v) is 30.5. The fraction of sp³-hybridized carbons (Fsp3) is 0.432. The first kappa shape index (κ1) is 69.1. The van der Waals surface area contributed by atoms with Gasteiger partial charge in [-0.3, -0.25) is 15.0 Å². The minimum Gasteiger partial charge on any atom is -0.357 e. The second kappa shape index (κ2) is 25.7. The minimum absolute atomic E-state index is 0. The zero-order valence-corrected chi connectivity index (χ0v) is 59.4. The molecule has 10 heteroatoms. The molecule has 0 aliphatic heterocycles. The standard InChI is InChI=1S/2C37H47N4.2Pt/c1-34(2,3)25-17-19-38-30(22-25)24-13-14-27(36(7,8)9)31(21-24)41-33-28(37(10,11)12)15-16-29(40-33)32-23-26(18-20-39-32)35(4,5)6;1-34(2,3)25-15-13-14-24(22-25)29-18-16-27(36(7,8)9)32(39-29)41-33-28(37(10,11)12)17-19-30(40-33)31-23-26(20-21-38-31)35(4,5)6;;/h13-20,22-23H,1-12H3,(H,40,41);13,15-23H,1-12H3,(H,39,40,41);;/q2*-1;;. The molecule has 0 atom stereocenters. The van der Waals surface area contributed by atoms with Crippen LogP contribution in [0.5, 0.6) is 0 Å². The Morgan fingerprint density at radius 3 is 1.02 bits per heavy atom. The van der Waals surface area contributed by atoms with Crippen molar-refractivity contribution in [3.05, 3.63) is 178 Å². The molecule has 8 aromatic rings. The van der Waals surface area contributed by atoms with Crippen molar-refractivity contribution >= 4 is 23.1 Å². The van der Waals surface area contributed by atoms with Crippen molar-refractivity contribution in [2.75, 3.05) is 10.6 Å². The van der Waals surface area contributed by atoms with Gasteiger partial charge in [0.25, 0.3) is 0 Å². The van der Waals surface area contributed by atoms with Crippen LogP contribution in [-0.4, -0.2) is 29.9 Å². The maximum atomic E-state index is 5.20. The molecule has 2 aromatic carbocycles. The van der Waals surface area contributed by atoms with Crippen LogP contribution in [0.1, 0.15) is 211 Å². The molecule has 8 rings (SSSR count). The Labute approximate surface area is 535 Å². The number of pyridine rings is 6. The van der Waals surface area contributed by atoms with E-state index >= 15 is 0 Å². The molecular weight excluding hydrogens is 1390 g/mol. The summed E-state index contributed by atoms with van der Waals surface area (Å²) < 4.78 is 0. The molecule has 452 valence electrons. The quantitative estimate of drug-likeness (QED) is 0.145. The van der Waals surface area contributed by atoms with Crippen LogP contribution in [0.4, 0.5) is 23.1 Å². The summed E-state index contributed by atoms with van der Waals surface area (Å²) in [5.41, 5.74) is 17.3. The molecule has 0 unspecified atom stereocenters. The van der Waals surface area contributed by atoms with Crippen LogP contribution < -0.4 is 10.6 Å². The van der Waals surface area contributed by atoms with Gasteiger partial charge in [0, 0.05) is 71.8 Å². The van der Waals surface area contributed by atoms with Gasteiger partial charge in [0.15, 0.2) is 0 Å². The Balaban J connectivity index is 0.000000300. The van der Waals surface area contributed by atoms with Gasteiger partial charge in [-0.25, -0.2) is 9.97 Å². The number of rotatable bonds is 8. The second-order valence-electron chi connectivity index (χ2n) is 30.5. The number of hydrogen-bond donors (Lipinski definition) is 2. The van der Waals surface area contributed by atoms with E-state index in [4.69, 9.17) is 29.9 Å². The predicted molar refractivity (Wildman–Crippen MR) is 348 cm³/mol. The molecule has 6 heterocycles. The van der Waals surface area contributed by atoms with Crippen molar-refractivity contribution in [2.24, 2.45) is 0 Å². The molecule has 0 bridgehead atoms. The molecular formula is C74H94N8Pt2-2. The van der Waals surface area contributed by atoms with E-state index in [2.05, 4.69) is 286 Å². The number of nitrogens with one attached hydrogen (secondary N) is 2. The van der Waals surface area contributed by atoms with Crippen molar-refractivity contribution in [3.8, 4) is 45.3 Å². The van der Waals surface area contributed by atoms with E-state index in [9.17, 15) is 0 Å². The van der Waals surface area contributed by atoms with E-state index in [0.29, 0.717) is 0 Å². The van der Waals surface area contributed by atoms with Gasteiger partial charge in [0.05, 0.1) is 22.8 Å². The van der Waals surface area contributed by atoms with Crippen LogP contribution in [-0.2, 0) is 85.5 Å². The van der Waals surface area contributed by atoms with E-state index < -0.39 is 0 Å². The Kier molecular flexibility index (Phi) is 21.2. The van der Waals surface area contributed by atoms with Crippen molar-refractivity contribution in [2.45, 2.75) is 209 Å². The maximum absolute atomic E-state index is 5.20. The first-order chi connectivity index (χ1) is 37.7. The normalized spacial score (nSPS) is 12.6. The summed E-state index contributed by atoms with van der Waals surface area (Å²) in [6, 6.07) is 43.4. The van der Waals surface area contributed by atoms with Crippen LogP contribution in [0.15, 0.2) is 122 Å². The zero-order valence-electron chi connectivity index (χ0n) is 54.9. The molecule has 0 saturated heterocycles. The SMILES string of the molecule is CC(C)(C)c1cc[c-]c(-c2ccc(C(C)(C)C)c(Nc3nc(-c4cc(C(C)(C)C)ccn4)ccc3C(C)(C)C)n2)c1.CC(C)(C)c1ccnc(-c2[c-]c(Nc3nc(-c4cc(C(C)(C)C)ccn4)ccc3C(C)(C)C)c(C(C)(C)C)cc2)c1.[Pt].[Pt]. The van der Waals surface area contributed by atoms with Gasteiger partial charge >= 0.3 is 0 Å². The van der Waals surface area contributed by atoms with Gasteiger partial charge in [0.1, 0.15) is 17.5 Å². The fourth-order valence-corrected chi connectivity index (χ4v) is 9.71. The number of hydrogen-bond acceptors (Lipinski definition) is 8. The van der Waals surface area contributed by atoms with Crippen LogP contribution in [0.3, 0.4) is 0 Å². The molecule has 0 spiro atoms. The van der Waals surface area contributed by atoms with Crippen LogP contribution in [0.25, 0.3) is 45.3 Å². The predicted octanol–water partition coefficient (Wildman–Crippen LogP) is 19.9. The number of nitrogens with zero attached hydrogens (tertiary/aromatic N) is 6. The van der Waals surface area contributed by atoms with E-state index in [1.165, 1.54) is 27.8 Å². The van der Waals surface area contributed by atoms with Crippen LogP contribution >= 0.6 is 0 Å². The van der Waals surface area contributed by atoms with Gasteiger partial charge in [0.2, 0.25) is 0 Å². The Morgan fingerprint density at radius 1 is 0.298 bits per heavy atom. The third kappa shape index (κ3) is 17.3. The van der Waals surface area contributed by atoms with E-state index in [0.717, 1.165) is 85.1 Å². The summed E-state index contributed by atoms with van der Waals surface area (Å²) in [6.07, 6.45) is 5.67. The summed E-state index contributed by atoms with van der Waals surface area (Å²) in [7, 11) is 0. The summed E-state index contributed by atoms with van der Waals surface area (Å²) in [6.45, 7) is 53.4. The van der Waals surface area contributed by atoms with E-state index in [-0.39, 0.29) is 85.5 Å². The smallest absolute Gasteiger partial charge is 0.136 e. The zero-order chi connectivity index (χ0) is 60.8. The third-order valence-electron chi connectivity index (χ3n) is 15.0. The van der Waals surface area contributed by atoms with Gasteiger partial charge in [-0.15, -0.1) is 59.2 Å². The topological polar surface area (TPSA) is 101 Å². The minimum atomic E-state index is -0.122. The molecule has 6 aromatic heterocycles. The number of benzene rings is 2. The van der Waals surface area contributed by atoms with Crippen molar-refractivity contribution in [3.63, 3.8) is 0 Å².